The van der Waals surface area contributed by atoms with Crippen molar-refractivity contribution in [2.24, 2.45) is 5.92 Å². The minimum Gasteiger partial charge on any atom is -0.481 e. The van der Waals surface area contributed by atoms with Gasteiger partial charge in [-0.25, -0.2) is 4.98 Å². The van der Waals surface area contributed by atoms with Crippen molar-refractivity contribution in [3.63, 3.8) is 0 Å². The average Bonchev–Trinajstić information content (AvgIpc) is 3.21. The number of carboxylic acids is 1. The van der Waals surface area contributed by atoms with Crippen LogP contribution in [0, 0.1) is 12.8 Å². The van der Waals surface area contributed by atoms with Crippen LogP contribution in [0.4, 0.5) is 0 Å². The number of rotatable bonds is 7. The molecule has 2 aromatic heterocycles. The molecule has 0 aliphatic carbocycles. The van der Waals surface area contributed by atoms with Crippen LogP contribution in [0.2, 0.25) is 0 Å². The molecule has 7 heteroatoms. The number of hydrogen-bond acceptors (Lipinski definition) is 4. The zero-order valence-electron chi connectivity index (χ0n) is 15.6. The molecule has 0 fully saturated rings. The molecule has 0 bridgehead atoms. The number of aliphatic carboxylic acids is 1. The van der Waals surface area contributed by atoms with Crippen molar-refractivity contribution in [2.75, 3.05) is 0 Å². The van der Waals surface area contributed by atoms with E-state index in [1.807, 2.05) is 38.1 Å². The lowest BCUT2D eigenvalue weighted by Crippen LogP contribution is -2.34. The van der Waals surface area contributed by atoms with Gasteiger partial charge in [0.1, 0.15) is 18.0 Å². The van der Waals surface area contributed by atoms with E-state index in [9.17, 15) is 9.59 Å². The number of para-hydroxylation sites is 2. The van der Waals surface area contributed by atoms with E-state index in [0.717, 1.165) is 17.5 Å². The number of H-pyrrole nitrogens is 1. The predicted octanol–water partition coefficient (Wildman–Crippen LogP) is 3.61. The first-order chi connectivity index (χ1) is 12.9. The highest BCUT2D eigenvalue weighted by Crippen LogP contribution is 2.26. The first-order valence-electron chi connectivity index (χ1n) is 8.95. The second-order valence-corrected chi connectivity index (χ2v) is 6.76. The quantitative estimate of drug-likeness (QED) is 0.589. The van der Waals surface area contributed by atoms with Gasteiger partial charge in [0.05, 0.1) is 28.9 Å². The number of benzene rings is 1. The maximum absolute atomic E-state index is 12.9. The van der Waals surface area contributed by atoms with Crippen LogP contribution < -0.4 is 5.32 Å². The molecule has 3 rings (SSSR count). The number of nitrogens with zero attached hydrogens (tertiary/aromatic N) is 1. The Bertz CT molecular complexity index is 940. The van der Waals surface area contributed by atoms with E-state index in [1.54, 1.807) is 6.92 Å². The highest BCUT2D eigenvalue weighted by molar-refractivity contribution is 5.97. The number of fused-ring (bicyclic) bond motifs is 1. The molecule has 2 unspecified atom stereocenters. The smallest absolute Gasteiger partial charge is 0.311 e. The number of aromatic nitrogens is 2. The fourth-order valence-electron chi connectivity index (χ4n) is 3.12. The van der Waals surface area contributed by atoms with Gasteiger partial charge >= 0.3 is 5.97 Å². The monoisotopic (exact) mass is 369 g/mol. The van der Waals surface area contributed by atoms with Gasteiger partial charge in [-0.15, -0.1) is 0 Å². The lowest BCUT2D eigenvalue weighted by atomic mass is 9.97. The average molecular weight is 369 g/mol. The zero-order valence-corrected chi connectivity index (χ0v) is 15.6. The predicted molar refractivity (Wildman–Crippen MR) is 101 cm³/mol. The molecule has 0 saturated heterocycles. The number of carboxylic acid groups (broad SMARTS) is 1. The Kier molecular flexibility index (Phi) is 5.30. The summed E-state index contributed by atoms with van der Waals surface area (Å²) in [5.41, 5.74) is 2.63. The molecular weight excluding hydrogens is 346 g/mol. The molecular formula is C20H23N3O4. The van der Waals surface area contributed by atoms with Crippen LogP contribution in [-0.4, -0.2) is 27.0 Å². The molecule has 0 aliphatic heterocycles. The molecule has 1 amide bonds. The van der Waals surface area contributed by atoms with E-state index in [2.05, 4.69) is 15.3 Å². The Labute approximate surface area is 156 Å². The SMILES string of the molecule is CCC(C)C(NC(=O)c1c(C)coc1CC(=O)O)c1nc2ccccc2[nH]1. The molecule has 142 valence electrons. The van der Waals surface area contributed by atoms with E-state index in [1.165, 1.54) is 6.26 Å². The van der Waals surface area contributed by atoms with Crippen molar-refractivity contribution in [3.8, 4) is 0 Å². The van der Waals surface area contributed by atoms with Crippen molar-refractivity contribution in [2.45, 2.75) is 39.7 Å². The molecule has 7 nitrogen and oxygen atoms in total. The second kappa shape index (κ2) is 7.65. The lowest BCUT2D eigenvalue weighted by Gasteiger charge is -2.22. The lowest BCUT2D eigenvalue weighted by molar-refractivity contribution is -0.136. The van der Waals surface area contributed by atoms with E-state index in [-0.39, 0.29) is 35.6 Å². The van der Waals surface area contributed by atoms with E-state index >= 15 is 0 Å². The van der Waals surface area contributed by atoms with Crippen LogP contribution >= 0.6 is 0 Å². The molecule has 27 heavy (non-hydrogen) atoms. The zero-order chi connectivity index (χ0) is 19.6. The summed E-state index contributed by atoms with van der Waals surface area (Å²) in [6.45, 7) is 5.81. The number of carbonyl (C=O) groups is 2. The van der Waals surface area contributed by atoms with Gasteiger partial charge in [0.2, 0.25) is 0 Å². The van der Waals surface area contributed by atoms with Crippen molar-refractivity contribution in [1.29, 1.82) is 0 Å². The van der Waals surface area contributed by atoms with Crippen molar-refractivity contribution in [3.05, 3.63) is 53.2 Å². The number of imidazole rings is 1. The number of nitrogens with one attached hydrogen (secondary N) is 2. The van der Waals surface area contributed by atoms with Gasteiger partial charge < -0.3 is 19.8 Å². The van der Waals surface area contributed by atoms with Crippen LogP contribution in [0.3, 0.4) is 0 Å². The molecule has 3 N–H and O–H groups in total. The Morgan fingerprint density at radius 1 is 1.33 bits per heavy atom. The number of amides is 1. The van der Waals surface area contributed by atoms with E-state index in [4.69, 9.17) is 9.52 Å². The molecule has 0 radical (unpaired) electrons. The molecule has 2 atom stereocenters. The summed E-state index contributed by atoms with van der Waals surface area (Å²) in [7, 11) is 0. The summed E-state index contributed by atoms with van der Waals surface area (Å²) in [4.78, 5) is 31.9. The van der Waals surface area contributed by atoms with Crippen LogP contribution in [-0.2, 0) is 11.2 Å². The van der Waals surface area contributed by atoms with Gasteiger partial charge in [-0.05, 0) is 25.0 Å². The maximum Gasteiger partial charge on any atom is 0.311 e. The fourth-order valence-corrected chi connectivity index (χ4v) is 3.12. The van der Waals surface area contributed by atoms with Crippen LogP contribution in [0.25, 0.3) is 11.0 Å². The molecule has 0 spiro atoms. The second-order valence-electron chi connectivity index (χ2n) is 6.76. The summed E-state index contributed by atoms with van der Waals surface area (Å²) >= 11 is 0. The first-order valence-corrected chi connectivity index (χ1v) is 8.95. The first kappa shape index (κ1) is 18.7. The summed E-state index contributed by atoms with van der Waals surface area (Å²) in [5, 5.41) is 12.1. The van der Waals surface area contributed by atoms with Crippen LogP contribution in [0.5, 0.6) is 0 Å². The van der Waals surface area contributed by atoms with Crippen molar-refractivity contribution < 1.29 is 19.1 Å². The number of carbonyl (C=O) groups excluding carboxylic acids is 1. The topological polar surface area (TPSA) is 108 Å². The minimum atomic E-state index is -1.05. The van der Waals surface area contributed by atoms with E-state index < -0.39 is 5.97 Å². The molecule has 0 saturated carbocycles. The number of aromatic amines is 1. The molecule has 3 aromatic rings. The third-order valence-electron chi connectivity index (χ3n) is 4.79. The minimum absolute atomic E-state index is 0.129. The molecule has 1 aromatic carbocycles. The fraction of sp³-hybridized carbons (Fsp3) is 0.350. The highest BCUT2D eigenvalue weighted by Gasteiger charge is 2.27. The largest absolute Gasteiger partial charge is 0.481 e. The van der Waals surface area contributed by atoms with E-state index in [0.29, 0.717) is 11.4 Å². The van der Waals surface area contributed by atoms with Gasteiger partial charge in [0, 0.05) is 5.56 Å². The Morgan fingerprint density at radius 3 is 2.74 bits per heavy atom. The number of hydrogen-bond donors (Lipinski definition) is 3. The molecule has 0 aliphatic rings. The van der Waals surface area contributed by atoms with Crippen LogP contribution in [0.15, 0.2) is 34.9 Å². The normalized spacial score (nSPS) is 13.4. The van der Waals surface area contributed by atoms with Gasteiger partial charge in [-0.3, -0.25) is 9.59 Å². The Morgan fingerprint density at radius 2 is 2.07 bits per heavy atom. The summed E-state index contributed by atoms with van der Waals surface area (Å²) < 4.78 is 5.28. The standard InChI is InChI=1S/C20H23N3O4/c1-4-11(2)18(19-21-13-7-5-6-8-14(13)22-19)23-20(26)17-12(3)10-27-15(17)9-16(24)25/h5-8,10-11,18H,4,9H2,1-3H3,(H,21,22)(H,23,26)(H,24,25). The summed E-state index contributed by atoms with van der Waals surface area (Å²) in [5.74, 6) is -0.438. The molecule has 2 heterocycles. The summed E-state index contributed by atoms with van der Waals surface area (Å²) in [6, 6.07) is 7.36. The Balaban J connectivity index is 1.92. The van der Waals surface area contributed by atoms with Crippen molar-refractivity contribution in [1.82, 2.24) is 15.3 Å². The number of aryl methyl sites for hydroxylation is 1. The highest BCUT2D eigenvalue weighted by atomic mass is 16.4. The number of furan rings is 1. The maximum atomic E-state index is 12.9. The summed E-state index contributed by atoms with van der Waals surface area (Å²) in [6.07, 6.45) is 1.91. The van der Waals surface area contributed by atoms with Gasteiger partial charge in [0.15, 0.2) is 0 Å². The van der Waals surface area contributed by atoms with Gasteiger partial charge in [-0.2, -0.15) is 0 Å². The third kappa shape index (κ3) is 3.86. The van der Waals surface area contributed by atoms with Gasteiger partial charge in [-0.1, -0.05) is 32.4 Å². The van der Waals surface area contributed by atoms with Crippen LogP contribution in [0.1, 0.15) is 53.8 Å². The van der Waals surface area contributed by atoms with Gasteiger partial charge in [0.25, 0.3) is 5.91 Å². The third-order valence-corrected chi connectivity index (χ3v) is 4.79. The van der Waals surface area contributed by atoms with Crippen molar-refractivity contribution >= 4 is 22.9 Å². The Hall–Kier alpha value is -3.09.